The summed E-state index contributed by atoms with van der Waals surface area (Å²) in [5.74, 6) is 1.70. The summed E-state index contributed by atoms with van der Waals surface area (Å²) in [7, 11) is 3.10. The minimum atomic E-state index is -4.40. The Hall–Kier alpha value is -3.09. The zero-order chi connectivity index (χ0) is 19.4. The highest BCUT2D eigenvalue weighted by Gasteiger charge is 2.30. The molecular formula is C20H17F3N2O2. The van der Waals surface area contributed by atoms with Crippen molar-refractivity contribution in [3.8, 4) is 22.8 Å². The number of alkyl halides is 3. The van der Waals surface area contributed by atoms with Gasteiger partial charge >= 0.3 is 6.18 Å². The SMILES string of the molecule is COc1ccc(Cc2nccc(-c3cccc(C(F)(F)F)c3)n2)cc1OC. The molecular weight excluding hydrogens is 357 g/mol. The first-order valence-electron chi connectivity index (χ1n) is 8.11. The van der Waals surface area contributed by atoms with E-state index in [0.29, 0.717) is 35.0 Å². The molecule has 1 aromatic heterocycles. The smallest absolute Gasteiger partial charge is 0.416 e. The Labute approximate surface area is 154 Å². The highest BCUT2D eigenvalue weighted by atomic mass is 19.4. The van der Waals surface area contributed by atoms with Crippen molar-refractivity contribution in [2.45, 2.75) is 12.6 Å². The van der Waals surface area contributed by atoms with Crippen LogP contribution in [0.4, 0.5) is 13.2 Å². The molecule has 1 heterocycles. The molecule has 3 rings (SSSR count). The van der Waals surface area contributed by atoms with Crippen LogP contribution in [0.3, 0.4) is 0 Å². The number of ether oxygens (including phenoxy) is 2. The summed E-state index contributed by atoms with van der Waals surface area (Å²) in [4.78, 5) is 8.63. The number of halogens is 3. The summed E-state index contributed by atoms with van der Waals surface area (Å²) in [5.41, 5.74) is 1.02. The lowest BCUT2D eigenvalue weighted by Crippen LogP contribution is -2.05. The summed E-state index contributed by atoms with van der Waals surface area (Å²) >= 11 is 0. The molecule has 7 heteroatoms. The third kappa shape index (κ3) is 4.36. The fourth-order valence-electron chi connectivity index (χ4n) is 2.67. The van der Waals surface area contributed by atoms with Crippen LogP contribution < -0.4 is 9.47 Å². The van der Waals surface area contributed by atoms with Gasteiger partial charge in [0.2, 0.25) is 0 Å². The third-order valence-corrected chi connectivity index (χ3v) is 4.00. The molecule has 0 fully saturated rings. The Morgan fingerprint density at radius 3 is 2.41 bits per heavy atom. The first kappa shape index (κ1) is 18.7. The normalized spacial score (nSPS) is 11.3. The minimum absolute atomic E-state index is 0.390. The van der Waals surface area contributed by atoms with E-state index in [-0.39, 0.29) is 0 Å². The number of rotatable bonds is 5. The van der Waals surface area contributed by atoms with Gasteiger partial charge in [0.25, 0.3) is 0 Å². The molecule has 0 amide bonds. The van der Waals surface area contributed by atoms with Gasteiger partial charge in [-0.05, 0) is 35.9 Å². The molecule has 0 aliphatic rings. The van der Waals surface area contributed by atoms with E-state index >= 15 is 0 Å². The molecule has 0 radical (unpaired) electrons. The number of hydrogen-bond acceptors (Lipinski definition) is 4. The Morgan fingerprint density at radius 1 is 0.926 bits per heavy atom. The molecule has 140 valence electrons. The molecule has 0 atom stereocenters. The summed E-state index contributed by atoms with van der Waals surface area (Å²) in [6, 6.07) is 12.1. The van der Waals surface area contributed by atoms with E-state index in [4.69, 9.17) is 9.47 Å². The zero-order valence-electron chi connectivity index (χ0n) is 14.7. The predicted molar refractivity (Wildman–Crippen MR) is 94.8 cm³/mol. The maximum absolute atomic E-state index is 12.9. The van der Waals surface area contributed by atoms with Crippen LogP contribution in [0.5, 0.6) is 11.5 Å². The first-order valence-corrected chi connectivity index (χ1v) is 8.11. The van der Waals surface area contributed by atoms with Crippen molar-refractivity contribution < 1.29 is 22.6 Å². The van der Waals surface area contributed by atoms with Crippen molar-refractivity contribution in [2.75, 3.05) is 14.2 Å². The van der Waals surface area contributed by atoms with Crippen molar-refractivity contribution >= 4 is 0 Å². The van der Waals surface area contributed by atoms with E-state index in [1.165, 1.54) is 6.07 Å². The first-order chi connectivity index (χ1) is 12.9. The number of hydrogen-bond donors (Lipinski definition) is 0. The quantitative estimate of drug-likeness (QED) is 0.645. The lowest BCUT2D eigenvalue weighted by molar-refractivity contribution is -0.137. The summed E-state index contributed by atoms with van der Waals surface area (Å²) < 4.78 is 49.3. The maximum Gasteiger partial charge on any atom is 0.416 e. The standard InChI is InChI=1S/C20H17F3N2O2/c1-26-17-7-6-13(10-18(17)27-2)11-19-24-9-8-16(25-19)14-4-3-5-15(12-14)20(21,22)23/h3-10,12H,11H2,1-2H3. The van der Waals surface area contributed by atoms with Crippen LogP contribution in [-0.4, -0.2) is 24.2 Å². The van der Waals surface area contributed by atoms with Gasteiger partial charge in [-0.3, -0.25) is 0 Å². The predicted octanol–water partition coefficient (Wildman–Crippen LogP) is 4.77. The molecule has 0 saturated carbocycles. The van der Waals surface area contributed by atoms with E-state index < -0.39 is 11.7 Å². The van der Waals surface area contributed by atoms with Crippen molar-refractivity contribution in [3.05, 3.63) is 71.7 Å². The van der Waals surface area contributed by atoms with Crippen LogP contribution in [0.15, 0.2) is 54.7 Å². The molecule has 4 nitrogen and oxygen atoms in total. The van der Waals surface area contributed by atoms with Gasteiger partial charge in [0, 0.05) is 18.2 Å². The topological polar surface area (TPSA) is 44.2 Å². The minimum Gasteiger partial charge on any atom is -0.493 e. The van der Waals surface area contributed by atoms with Crippen LogP contribution >= 0.6 is 0 Å². The van der Waals surface area contributed by atoms with Gasteiger partial charge in [0.05, 0.1) is 25.5 Å². The van der Waals surface area contributed by atoms with E-state index in [1.807, 2.05) is 12.1 Å². The Kier molecular flexibility index (Phi) is 5.30. The van der Waals surface area contributed by atoms with Crippen molar-refractivity contribution in [1.29, 1.82) is 0 Å². The molecule has 2 aromatic carbocycles. The molecule has 0 aliphatic heterocycles. The van der Waals surface area contributed by atoms with Gasteiger partial charge < -0.3 is 9.47 Å². The lowest BCUT2D eigenvalue weighted by Gasteiger charge is -2.10. The van der Waals surface area contributed by atoms with Crippen LogP contribution in [0, 0.1) is 0 Å². The largest absolute Gasteiger partial charge is 0.493 e. The molecule has 0 aliphatic carbocycles. The Morgan fingerprint density at radius 2 is 1.70 bits per heavy atom. The van der Waals surface area contributed by atoms with Gasteiger partial charge in [-0.15, -0.1) is 0 Å². The Balaban J connectivity index is 1.89. The van der Waals surface area contributed by atoms with Gasteiger partial charge in [0.15, 0.2) is 11.5 Å². The highest BCUT2D eigenvalue weighted by molar-refractivity contribution is 5.60. The molecule has 3 aromatic rings. The van der Waals surface area contributed by atoms with E-state index in [2.05, 4.69) is 9.97 Å². The van der Waals surface area contributed by atoms with Crippen LogP contribution in [0.2, 0.25) is 0 Å². The average Bonchev–Trinajstić information content (AvgIpc) is 2.67. The van der Waals surface area contributed by atoms with Crippen molar-refractivity contribution in [1.82, 2.24) is 9.97 Å². The number of aromatic nitrogens is 2. The van der Waals surface area contributed by atoms with E-state index in [1.54, 1.807) is 38.6 Å². The Bertz CT molecular complexity index is 943. The third-order valence-electron chi connectivity index (χ3n) is 4.00. The van der Waals surface area contributed by atoms with E-state index in [0.717, 1.165) is 17.7 Å². The van der Waals surface area contributed by atoms with E-state index in [9.17, 15) is 13.2 Å². The molecule has 0 saturated heterocycles. The molecule has 0 unspecified atom stereocenters. The van der Waals surface area contributed by atoms with Crippen molar-refractivity contribution in [2.24, 2.45) is 0 Å². The molecule has 0 N–H and O–H groups in total. The number of benzene rings is 2. The van der Waals surface area contributed by atoms with Crippen molar-refractivity contribution in [3.63, 3.8) is 0 Å². The van der Waals surface area contributed by atoms with Crippen LogP contribution in [0.1, 0.15) is 17.0 Å². The zero-order valence-corrected chi connectivity index (χ0v) is 14.7. The number of methoxy groups -OCH3 is 2. The summed E-state index contributed by atoms with van der Waals surface area (Å²) in [6.45, 7) is 0. The monoisotopic (exact) mass is 374 g/mol. The second kappa shape index (κ2) is 7.65. The average molecular weight is 374 g/mol. The van der Waals surface area contributed by atoms with Gasteiger partial charge in [-0.25, -0.2) is 9.97 Å². The fraction of sp³-hybridized carbons (Fsp3) is 0.200. The van der Waals surface area contributed by atoms with Gasteiger partial charge in [-0.1, -0.05) is 18.2 Å². The summed E-state index contributed by atoms with van der Waals surface area (Å²) in [5, 5.41) is 0. The maximum atomic E-state index is 12.9. The molecule has 0 spiro atoms. The van der Waals surface area contributed by atoms with Gasteiger partial charge in [-0.2, -0.15) is 13.2 Å². The summed E-state index contributed by atoms with van der Waals surface area (Å²) in [6.07, 6.45) is -2.45. The van der Waals surface area contributed by atoms with Gasteiger partial charge in [0.1, 0.15) is 5.82 Å². The second-order valence-electron chi connectivity index (χ2n) is 5.80. The number of nitrogens with zero attached hydrogens (tertiary/aromatic N) is 2. The lowest BCUT2D eigenvalue weighted by atomic mass is 10.1. The second-order valence-corrected chi connectivity index (χ2v) is 5.80. The van der Waals surface area contributed by atoms with Crippen LogP contribution in [0.25, 0.3) is 11.3 Å². The van der Waals surface area contributed by atoms with Crippen LogP contribution in [-0.2, 0) is 12.6 Å². The molecule has 0 bridgehead atoms. The molecule has 27 heavy (non-hydrogen) atoms. The fourth-order valence-corrected chi connectivity index (χ4v) is 2.67. The highest BCUT2D eigenvalue weighted by Crippen LogP contribution is 2.32.